The first-order chi connectivity index (χ1) is 8.87. The van der Waals surface area contributed by atoms with Crippen LogP contribution in [-0.2, 0) is 0 Å². The number of rotatable bonds is 3. The number of hydrogen-bond donors (Lipinski definition) is 2. The molecular formula is C12H11ClF3NOS2. The Morgan fingerprint density at radius 2 is 1.95 bits per heavy atom. The maximum Gasteiger partial charge on any atom is 0.446 e. The highest BCUT2D eigenvalue weighted by Gasteiger charge is 2.29. The minimum Gasteiger partial charge on any atom is -0.508 e. The zero-order chi connectivity index (χ0) is 14.0. The van der Waals surface area contributed by atoms with Gasteiger partial charge < -0.3 is 10.8 Å². The molecule has 0 fully saturated rings. The summed E-state index contributed by atoms with van der Waals surface area (Å²) in [7, 11) is 0. The first-order valence-electron chi connectivity index (χ1n) is 5.24. The lowest BCUT2D eigenvalue weighted by atomic mass is 10.1. The molecule has 20 heavy (non-hydrogen) atoms. The topological polar surface area (TPSA) is 46.2 Å². The normalized spacial score (nSPS) is 12.8. The fraction of sp³-hybridized carbons (Fsp3) is 0.167. The van der Waals surface area contributed by atoms with Crippen LogP contribution in [0.15, 0.2) is 40.6 Å². The third-order valence-corrected chi connectivity index (χ3v) is 4.09. The second-order valence-electron chi connectivity index (χ2n) is 3.76. The summed E-state index contributed by atoms with van der Waals surface area (Å²) in [5, 5.41) is 11.6. The lowest BCUT2D eigenvalue weighted by molar-refractivity contribution is -0.0328. The molecule has 0 amide bonds. The van der Waals surface area contributed by atoms with Crippen LogP contribution in [0.4, 0.5) is 13.2 Å². The number of nitrogens with two attached hydrogens (primary N) is 1. The van der Waals surface area contributed by atoms with Crippen molar-refractivity contribution >= 4 is 35.5 Å². The zero-order valence-electron chi connectivity index (χ0n) is 9.92. The number of thioether (sulfide) groups is 1. The third kappa shape index (κ3) is 4.31. The van der Waals surface area contributed by atoms with Gasteiger partial charge in [-0.1, -0.05) is 6.07 Å². The Morgan fingerprint density at radius 3 is 2.50 bits per heavy atom. The maximum atomic E-state index is 12.3. The van der Waals surface area contributed by atoms with Crippen molar-refractivity contribution in [2.75, 3.05) is 0 Å². The highest BCUT2D eigenvalue weighted by molar-refractivity contribution is 8.00. The van der Waals surface area contributed by atoms with Gasteiger partial charge in [0.25, 0.3) is 0 Å². The van der Waals surface area contributed by atoms with Crippen LogP contribution in [-0.4, -0.2) is 10.6 Å². The second kappa shape index (κ2) is 6.71. The standard InChI is InChI=1S/C12H10F3NOS2.ClH/c13-12(14,15)19-7-3-4-9(17)8(6-7)11(16)10-2-1-5-18-10;/h1-6,11,17H,16H2;1H/t11-;/m0./s1. The van der Waals surface area contributed by atoms with E-state index in [-0.39, 0.29) is 40.4 Å². The molecule has 2 nitrogen and oxygen atoms in total. The summed E-state index contributed by atoms with van der Waals surface area (Å²) in [5.41, 5.74) is 1.88. The predicted molar refractivity (Wildman–Crippen MR) is 77.6 cm³/mol. The number of phenols is 1. The van der Waals surface area contributed by atoms with Crippen LogP contribution in [0.2, 0.25) is 0 Å². The third-order valence-electron chi connectivity index (χ3n) is 2.42. The molecule has 3 N–H and O–H groups in total. The number of benzene rings is 1. The van der Waals surface area contributed by atoms with Crippen molar-refractivity contribution in [3.63, 3.8) is 0 Å². The first-order valence-corrected chi connectivity index (χ1v) is 6.94. The van der Waals surface area contributed by atoms with Gasteiger partial charge in [0.05, 0.1) is 6.04 Å². The number of thiophene rings is 1. The molecule has 8 heteroatoms. The molecule has 0 radical (unpaired) electrons. The SMILES string of the molecule is Cl.N[C@H](c1cccs1)c1cc(SC(F)(F)F)ccc1O. The van der Waals surface area contributed by atoms with Crippen molar-refractivity contribution in [1.29, 1.82) is 0 Å². The van der Waals surface area contributed by atoms with Crippen LogP contribution in [0.5, 0.6) is 5.75 Å². The number of aromatic hydroxyl groups is 1. The monoisotopic (exact) mass is 341 g/mol. The van der Waals surface area contributed by atoms with E-state index in [4.69, 9.17) is 5.73 Å². The highest BCUT2D eigenvalue weighted by Crippen LogP contribution is 2.40. The molecule has 110 valence electrons. The summed E-state index contributed by atoms with van der Waals surface area (Å²) < 4.78 is 37.0. The summed E-state index contributed by atoms with van der Waals surface area (Å²) >= 11 is 1.16. The number of hydrogen-bond acceptors (Lipinski definition) is 4. The van der Waals surface area contributed by atoms with E-state index in [0.29, 0.717) is 0 Å². The van der Waals surface area contributed by atoms with Crippen molar-refractivity contribution in [3.05, 3.63) is 46.2 Å². The van der Waals surface area contributed by atoms with E-state index in [2.05, 4.69) is 0 Å². The molecule has 1 aromatic carbocycles. The molecule has 1 heterocycles. The molecule has 2 rings (SSSR count). The van der Waals surface area contributed by atoms with Crippen LogP contribution >= 0.6 is 35.5 Å². The van der Waals surface area contributed by atoms with Crippen molar-refractivity contribution in [3.8, 4) is 5.75 Å². The van der Waals surface area contributed by atoms with E-state index in [0.717, 1.165) is 4.88 Å². The van der Waals surface area contributed by atoms with Crippen LogP contribution in [0, 0.1) is 0 Å². The average molecular weight is 342 g/mol. The van der Waals surface area contributed by atoms with Crippen molar-refractivity contribution in [2.24, 2.45) is 5.73 Å². The molecule has 0 aliphatic rings. The Hall–Kier alpha value is -0.890. The largest absolute Gasteiger partial charge is 0.508 e. The molecule has 1 atom stereocenters. The van der Waals surface area contributed by atoms with Gasteiger partial charge in [0.1, 0.15) is 5.75 Å². The number of halogens is 4. The van der Waals surface area contributed by atoms with Crippen molar-refractivity contribution in [2.45, 2.75) is 16.4 Å². The van der Waals surface area contributed by atoms with Crippen LogP contribution in [0.1, 0.15) is 16.5 Å². The predicted octanol–water partition coefficient (Wildman–Crippen LogP) is 4.54. The molecule has 2 aromatic rings. The Kier molecular flexibility index (Phi) is 5.76. The fourth-order valence-corrected chi connectivity index (χ4v) is 2.93. The number of alkyl halides is 3. The van der Waals surface area contributed by atoms with Gasteiger partial charge in [0.2, 0.25) is 0 Å². The molecule has 1 aromatic heterocycles. The average Bonchev–Trinajstić information content (AvgIpc) is 2.82. The molecule has 0 aliphatic heterocycles. The summed E-state index contributed by atoms with van der Waals surface area (Å²) in [6, 6.07) is 6.67. The van der Waals surface area contributed by atoms with E-state index < -0.39 is 11.6 Å². The minimum atomic E-state index is -4.36. The molecule has 0 aliphatic carbocycles. The molecule has 0 bridgehead atoms. The van der Waals surface area contributed by atoms with Gasteiger partial charge in [-0.3, -0.25) is 0 Å². The minimum absolute atomic E-state index is 0. The Balaban J connectivity index is 0.00000200. The molecule has 0 spiro atoms. The fourth-order valence-electron chi connectivity index (χ4n) is 1.60. The van der Waals surface area contributed by atoms with Gasteiger partial charge >= 0.3 is 5.51 Å². The van der Waals surface area contributed by atoms with Crippen molar-refractivity contribution < 1.29 is 18.3 Å². The smallest absolute Gasteiger partial charge is 0.446 e. The summed E-state index contributed by atoms with van der Waals surface area (Å²) in [6.07, 6.45) is 0. The Labute approximate surface area is 128 Å². The van der Waals surface area contributed by atoms with Gasteiger partial charge in [-0.2, -0.15) is 13.2 Å². The lowest BCUT2D eigenvalue weighted by Crippen LogP contribution is -2.10. The quantitative estimate of drug-likeness (QED) is 0.806. The van der Waals surface area contributed by atoms with E-state index in [1.807, 2.05) is 5.38 Å². The van der Waals surface area contributed by atoms with E-state index >= 15 is 0 Å². The highest BCUT2D eigenvalue weighted by atomic mass is 35.5. The molecule has 0 saturated carbocycles. The van der Waals surface area contributed by atoms with Crippen LogP contribution < -0.4 is 5.73 Å². The van der Waals surface area contributed by atoms with Crippen LogP contribution in [0.25, 0.3) is 0 Å². The van der Waals surface area contributed by atoms with Gasteiger partial charge in [-0.05, 0) is 41.4 Å². The molecular weight excluding hydrogens is 331 g/mol. The molecule has 0 unspecified atom stereocenters. The first kappa shape index (κ1) is 17.2. The van der Waals surface area contributed by atoms with Crippen LogP contribution in [0.3, 0.4) is 0 Å². The van der Waals surface area contributed by atoms with E-state index in [1.54, 1.807) is 12.1 Å². The molecule has 0 saturated heterocycles. The Morgan fingerprint density at radius 1 is 1.25 bits per heavy atom. The lowest BCUT2D eigenvalue weighted by Gasteiger charge is -2.14. The van der Waals surface area contributed by atoms with E-state index in [1.165, 1.54) is 29.5 Å². The maximum absolute atomic E-state index is 12.3. The van der Waals surface area contributed by atoms with Gasteiger partial charge in [0, 0.05) is 15.3 Å². The Bertz CT molecular complexity index is 560. The van der Waals surface area contributed by atoms with Gasteiger partial charge in [-0.25, -0.2) is 0 Å². The summed E-state index contributed by atoms with van der Waals surface area (Å²) in [6.45, 7) is 0. The zero-order valence-corrected chi connectivity index (χ0v) is 12.4. The number of phenolic OH excluding ortho intramolecular Hbond substituents is 1. The van der Waals surface area contributed by atoms with Gasteiger partial charge in [0.15, 0.2) is 0 Å². The van der Waals surface area contributed by atoms with E-state index in [9.17, 15) is 18.3 Å². The summed E-state index contributed by atoms with van der Waals surface area (Å²) in [4.78, 5) is 0.789. The summed E-state index contributed by atoms with van der Waals surface area (Å²) in [5.74, 6) is -0.104. The second-order valence-corrected chi connectivity index (χ2v) is 5.88. The van der Waals surface area contributed by atoms with Gasteiger partial charge in [-0.15, -0.1) is 23.7 Å². The van der Waals surface area contributed by atoms with Crippen molar-refractivity contribution in [1.82, 2.24) is 0 Å².